The second kappa shape index (κ2) is 48.9. The molecule has 0 spiro atoms. The topological polar surface area (TPSA) is 46.2 Å². The van der Waals surface area contributed by atoms with Crippen LogP contribution in [-0.4, -0.2) is 52.4 Å². The van der Waals surface area contributed by atoms with E-state index in [4.69, 9.17) is 23.7 Å². The molecule has 0 radical (unpaired) electrons. The molecule has 0 aromatic carbocycles. The van der Waals surface area contributed by atoms with Gasteiger partial charge in [0, 0.05) is 39.3 Å². The minimum Gasteiger partial charge on any atom is -0.499 e. The monoisotopic (exact) mass is 891 g/mol. The fourth-order valence-electron chi connectivity index (χ4n) is 9.10. The van der Waals surface area contributed by atoms with Crippen LogP contribution in [0.4, 0.5) is 0 Å². The lowest BCUT2D eigenvalue weighted by atomic mass is 9.89. The molecule has 5 nitrogen and oxygen atoms in total. The molecule has 5 heteroatoms. The summed E-state index contributed by atoms with van der Waals surface area (Å²) in [6.07, 6.45) is 44.2. The molecular formula is C58H114O5. The van der Waals surface area contributed by atoms with Gasteiger partial charge in [-0.15, -0.1) is 0 Å². The van der Waals surface area contributed by atoms with Crippen molar-refractivity contribution in [2.24, 2.45) is 23.7 Å². The normalized spacial score (nSPS) is 14.1. The maximum atomic E-state index is 6.74. The molecule has 0 saturated carbocycles. The van der Waals surface area contributed by atoms with Crippen molar-refractivity contribution in [3.05, 3.63) is 24.7 Å². The van der Waals surface area contributed by atoms with E-state index in [1.54, 1.807) is 0 Å². The molecule has 0 rings (SSSR count). The Balaban J connectivity index is 5.05. The average Bonchev–Trinajstić information content (AvgIpc) is 3.28. The Morgan fingerprint density at radius 1 is 0.381 bits per heavy atom. The number of ether oxygens (including phenoxy) is 5. The zero-order chi connectivity index (χ0) is 46.3. The Morgan fingerprint density at radius 3 is 1.35 bits per heavy atom. The number of rotatable bonds is 53. The Morgan fingerprint density at radius 2 is 0.825 bits per heavy atom. The number of hydrogen-bond acceptors (Lipinski definition) is 5. The standard InChI is InChI=1S/C58H114O5/c1-10-16-20-24-27-28-29-30-33-38-56(46-52(7)50-60-41-34-31-25-21-17-11-2)40-45-59-42-37-39-57(48-54(9)62-43-35-23-19-13-4)51-63-58(15-6)49-55(14-5)47-53(8)61-44-36-32-26-22-18-12-3/h52,55-58H,8-51H2,1-7H3. The van der Waals surface area contributed by atoms with Gasteiger partial charge in [-0.05, 0) is 81.5 Å². The van der Waals surface area contributed by atoms with Gasteiger partial charge in [0.15, 0.2) is 0 Å². The molecule has 0 heterocycles. The molecule has 0 amide bonds. The lowest BCUT2D eigenvalue weighted by Gasteiger charge is -2.26. The van der Waals surface area contributed by atoms with Gasteiger partial charge in [-0.3, -0.25) is 0 Å². The SMILES string of the molecule is C=C(CC(CCCOCCC(CCCCCCCCCCC)CC(C)COCCCCCCCC)COC(CC)CC(CC)CC(=C)OCCCCCCCC)OCCCCCC. The van der Waals surface area contributed by atoms with Gasteiger partial charge in [-0.25, -0.2) is 0 Å². The van der Waals surface area contributed by atoms with E-state index < -0.39 is 0 Å². The van der Waals surface area contributed by atoms with Crippen molar-refractivity contribution in [2.45, 2.75) is 279 Å². The molecule has 376 valence electrons. The van der Waals surface area contributed by atoms with Gasteiger partial charge in [-0.2, -0.15) is 0 Å². The van der Waals surface area contributed by atoms with Crippen molar-refractivity contribution in [3.8, 4) is 0 Å². The molecule has 5 unspecified atom stereocenters. The average molecular weight is 892 g/mol. The maximum absolute atomic E-state index is 6.74. The molecule has 0 N–H and O–H groups in total. The van der Waals surface area contributed by atoms with Crippen molar-refractivity contribution in [1.29, 1.82) is 0 Å². The summed E-state index contributed by atoms with van der Waals surface area (Å²) in [4.78, 5) is 0. The first kappa shape index (κ1) is 62.0. The van der Waals surface area contributed by atoms with Gasteiger partial charge in [0.1, 0.15) is 0 Å². The molecule has 0 bridgehead atoms. The van der Waals surface area contributed by atoms with E-state index in [1.807, 2.05) is 0 Å². The van der Waals surface area contributed by atoms with Crippen LogP contribution >= 0.6 is 0 Å². The number of allylic oxidation sites excluding steroid dienone is 2. The first-order chi connectivity index (χ1) is 30.8. The van der Waals surface area contributed by atoms with Crippen LogP contribution in [0.15, 0.2) is 24.7 Å². The van der Waals surface area contributed by atoms with E-state index in [1.165, 1.54) is 167 Å². The first-order valence-corrected chi connectivity index (χ1v) is 28.2. The van der Waals surface area contributed by atoms with E-state index in [2.05, 4.69) is 61.6 Å². The predicted octanol–water partition coefficient (Wildman–Crippen LogP) is 18.7. The molecule has 0 aromatic rings. The quantitative estimate of drug-likeness (QED) is 0.0450. The molecule has 5 atom stereocenters. The van der Waals surface area contributed by atoms with Gasteiger partial charge in [-0.1, -0.05) is 216 Å². The second-order valence-corrected chi connectivity index (χ2v) is 20.0. The van der Waals surface area contributed by atoms with Crippen molar-refractivity contribution in [2.75, 3.05) is 46.2 Å². The van der Waals surface area contributed by atoms with Crippen LogP contribution in [0.1, 0.15) is 273 Å². The van der Waals surface area contributed by atoms with Crippen LogP contribution < -0.4 is 0 Å². The van der Waals surface area contributed by atoms with Gasteiger partial charge >= 0.3 is 0 Å². The molecule has 0 aliphatic carbocycles. The first-order valence-electron chi connectivity index (χ1n) is 28.2. The van der Waals surface area contributed by atoms with Crippen LogP contribution in [0.25, 0.3) is 0 Å². The lowest BCUT2D eigenvalue weighted by Crippen LogP contribution is -2.22. The smallest absolute Gasteiger partial charge is 0.0891 e. The second-order valence-electron chi connectivity index (χ2n) is 20.0. The van der Waals surface area contributed by atoms with Gasteiger partial charge in [0.2, 0.25) is 0 Å². The molecule has 0 saturated heterocycles. The molecule has 63 heavy (non-hydrogen) atoms. The summed E-state index contributed by atoms with van der Waals surface area (Å²) < 4.78 is 31.6. The highest BCUT2D eigenvalue weighted by Gasteiger charge is 2.20. The summed E-state index contributed by atoms with van der Waals surface area (Å²) >= 11 is 0. The Hall–Kier alpha value is -1.04. The largest absolute Gasteiger partial charge is 0.499 e. The number of unbranched alkanes of at least 4 members (excludes halogenated alkanes) is 21. The third kappa shape index (κ3) is 43.3. The molecule has 0 aromatic heterocycles. The fourth-order valence-corrected chi connectivity index (χ4v) is 9.10. The van der Waals surface area contributed by atoms with E-state index in [0.29, 0.717) is 17.8 Å². The molecule has 0 aliphatic rings. The highest BCUT2D eigenvalue weighted by Crippen LogP contribution is 2.27. The predicted molar refractivity (Wildman–Crippen MR) is 277 cm³/mol. The van der Waals surface area contributed by atoms with Crippen molar-refractivity contribution < 1.29 is 23.7 Å². The summed E-state index contributed by atoms with van der Waals surface area (Å²) in [5, 5.41) is 0. The van der Waals surface area contributed by atoms with Gasteiger partial charge in [0.05, 0.1) is 37.4 Å². The summed E-state index contributed by atoms with van der Waals surface area (Å²) in [6.45, 7) is 30.6. The van der Waals surface area contributed by atoms with Crippen LogP contribution in [0, 0.1) is 23.7 Å². The van der Waals surface area contributed by atoms with Gasteiger partial charge < -0.3 is 23.7 Å². The Kier molecular flexibility index (Phi) is 48.1. The van der Waals surface area contributed by atoms with E-state index >= 15 is 0 Å². The van der Waals surface area contributed by atoms with E-state index in [-0.39, 0.29) is 6.10 Å². The molecular weight excluding hydrogens is 777 g/mol. The highest BCUT2D eigenvalue weighted by atomic mass is 16.5. The minimum atomic E-state index is 0.245. The fraction of sp³-hybridized carbons (Fsp3) is 0.931. The molecule has 0 aliphatic heterocycles. The Bertz CT molecular complexity index is 936. The zero-order valence-corrected chi connectivity index (χ0v) is 44.0. The van der Waals surface area contributed by atoms with E-state index in [9.17, 15) is 0 Å². The third-order valence-electron chi connectivity index (χ3n) is 13.4. The summed E-state index contributed by atoms with van der Waals surface area (Å²) in [6, 6.07) is 0. The Labute approximate surface area is 396 Å². The van der Waals surface area contributed by atoms with Crippen molar-refractivity contribution in [3.63, 3.8) is 0 Å². The van der Waals surface area contributed by atoms with Gasteiger partial charge in [0.25, 0.3) is 0 Å². The summed E-state index contributed by atoms with van der Waals surface area (Å²) in [5.74, 6) is 4.13. The maximum Gasteiger partial charge on any atom is 0.0891 e. The van der Waals surface area contributed by atoms with Crippen LogP contribution in [-0.2, 0) is 23.7 Å². The summed E-state index contributed by atoms with van der Waals surface area (Å²) in [7, 11) is 0. The lowest BCUT2D eigenvalue weighted by molar-refractivity contribution is 0.00395. The minimum absolute atomic E-state index is 0.245. The highest BCUT2D eigenvalue weighted by molar-refractivity contribution is 4.87. The molecule has 0 fully saturated rings. The third-order valence-corrected chi connectivity index (χ3v) is 13.4. The van der Waals surface area contributed by atoms with Crippen LogP contribution in [0.5, 0.6) is 0 Å². The van der Waals surface area contributed by atoms with Crippen molar-refractivity contribution in [1.82, 2.24) is 0 Å². The summed E-state index contributed by atoms with van der Waals surface area (Å²) in [5.41, 5.74) is 0. The van der Waals surface area contributed by atoms with E-state index in [0.717, 1.165) is 121 Å². The zero-order valence-electron chi connectivity index (χ0n) is 44.0. The van der Waals surface area contributed by atoms with Crippen molar-refractivity contribution >= 4 is 0 Å². The van der Waals surface area contributed by atoms with Crippen LogP contribution in [0.2, 0.25) is 0 Å². The number of hydrogen-bond donors (Lipinski definition) is 0. The van der Waals surface area contributed by atoms with Crippen LogP contribution in [0.3, 0.4) is 0 Å².